The molecule has 0 radical (unpaired) electrons. The van der Waals surface area contributed by atoms with Gasteiger partial charge in [-0.15, -0.1) is 0 Å². The number of rotatable bonds is 2. The smallest absolute Gasteiger partial charge is 0.349 e. The number of nitrogens with two attached hydrogens (primary N) is 1. The van der Waals surface area contributed by atoms with Crippen molar-refractivity contribution >= 4 is 28.5 Å². The van der Waals surface area contributed by atoms with Crippen molar-refractivity contribution in [3.8, 4) is 11.1 Å². The van der Waals surface area contributed by atoms with Crippen LogP contribution in [0.1, 0.15) is 10.4 Å². The maximum Gasteiger partial charge on any atom is 0.349 e. The summed E-state index contributed by atoms with van der Waals surface area (Å²) in [5, 5.41) is 1.21. The van der Waals surface area contributed by atoms with Crippen LogP contribution >= 0.6 is 11.6 Å². The van der Waals surface area contributed by atoms with E-state index >= 15 is 0 Å². The summed E-state index contributed by atoms with van der Waals surface area (Å²) in [5.74, 6) is -0.820. The second kappa shape index (κ2) is 5.07. The van der Waals surface area contributed by atoms with Gasteiger partial charge in [0, 0.05) is 16.0 Å². The topological polar surface area (TPSA) is 73.3 Å². The number of carbonyl (C=O) groups is 1. The van der Waals surface area contributed by atoms with Crippen molar-refractivity contribution in [2.45, 2.75) is 0 Å². The molecule has 0 saturated heterocycles. The minimum absolute atomic E-state index is 0.156. The molecule has 0 aliphatic rings. The molecule has 0 atom stereocenters. The molecule has 0 aliphatic carbocycles. The molecule has 1 heterocycles. The molecule has 0 saturated carbocycles. The molecule has 0 fully saturated rings. The van der Waals surface area contributed by atoms with E-state index in [-0.39, 0.29) is 5.56 Å². The number of benzene rings is 2. The highest BCUT2D eigenvalue weighted by Gasteiger charge is 2.20. The third kappa shape index (κ3) is 2.30. The molecule has 0 spiro atoms. The highest BCUT2D eigenvalue weighted by Crippen LogP contribution is 2.30. The molecule has 1 aromatic heterocycles. The Hall–Kier alpha value is -2.59. The van der Waals surface area contributed by atoms with Crippen LogP contribution in [0.15, 0.2) is 57.7 Å². The highest BCUT2D eigenvalue weighted by atomic mass is 35.5. The van der Waals surface area contributed by atoms with Crippen LogP contribution in [-0.2, 0) is 0 Å². The van der Waals surface area contributed by atoms with E-state index < -0.39 is 11.5 Å². The van der Waals surface area contributed by atoms with Crippen LogP contribution in [0.3, 0.4) is 0 Å². The lowest BCUT2D eigenvalue weighted by atomic mass is 9.97. The molecule has 4 nitrogen and oxygen atoms in total. The van der Waals surface area contributed by atoms with Crippen molar-refractivity contribution in [3.05, 3.63) is 69.5 Å². The number of halogens is 1. The van der Waals surface area contributed by atoms with E-state index in [1.807, 2.05) is 0 Å². The molecular weight excluding hydrogens is 290 g/mol. The Labute approximate surface area is 124 Å². The zero-order valence-corrected chi connectivity index (χ0v) is 11.6. The van der Waals surface area contributed by atoms with E-state index in [9.17, 15) is 9.59 Å². The summed E-state index contributed by atoms with van der Waals surface area (Å²) < 4.78 is 5.16. The van der Waals surface area contributed by atoms with Gasteiger partial charge in [0.2, 0.25) is 0 Å². The van der Waals surface area contributed by atoms with Crippen LogP contribution in [0.5, 0.6) is 0 Å². The van der Waals surface area contributed by atoms with Crippen molar-refractivity contribution in [3.63, 3.8) is 0 Å². The van der Waals surface area contributed by atoms with E-state index in [0.29, 0.717) is 27.1 Å². The SMILES string of the molecule is NC(=O)c1c(-c2ccc(Cl)cc2)c2ccccc2oc1=O. The van der Waals surface area contributed by atoms with E-state index in [4.69, 9.17) is 21.8 Å². The minimum Gasteiger partial charge on any atom is -0.422 e. The van der Waals surface area contributed by atoms with Gasteiger partial charge in [-0.1, -0.05) is 41.9 Å². The van der Waals surface area contributed by atoms with Gasteiger partial charge in [-0.2, -0.15) is 0 Å². The zero-order valence-electron chi connectivity index (χ0n) is 10.8. The number of fused-ring (bicyclic) bond motifs is 1. The average Bonchev–Trinajstić information content (AvgIpc) is 2.46. The van der Waals surface area contributed by atoms with Crippen LogP contribution in [0.2, 0.25) is 5.02 Å². The van der Waals surface area contributed by atoms with Crippen LogP contribution in [-0.4, -0.2) is 5.91 Å². The first-order valence-electron chi connectivity index (χ1n) is 6.19. The molecule has 21 heavy (non-hydrogen) atoms. The van der Waals surface area contributed by atoms with Crippen LogP contribution in [0.4, 0.5) is 0 Å². The van der Waals surface area contributed by atoms with Gasteiger partial charge in [0.15, 0.2) is 0 Å². The lowest BCUT2D eigenvalue weighted by Crippen LogP contribution is -2.22. The molecule has 5 heteroatoms. The maximum absolute atomic E-state index is 12.0. The Morgan fingerprint density at radius 1 is 1.05 bits per heavy atom. The van der Waals surface area contributed by atoms with Crippen LogP contribution in [0, 0.1) is 0 Å². The van der Waals surface area contributed by atoms with Gasteiger partial charge in [-0.05, 0) is 23.8 Å². The predicted molar refractivity (Wildman–Crippen MR) is 81.4 cm³/mol. The van der Waals surface area contributed by atoms with Gasteiger partial charge in [-0.3, -0.25) is 4.79 Å². The maximum atomic E-state index is 12.0. The highest BCUT2D eigenvalue weighted by molar-refractivity contribution is 6.30. The van der Waals surface area contributed by atoms with Crippen molar-refractivity contribution in [2.24, 2.45) is 5.73 Å². The van der Waals surface area contributed by atoms with Gasteiger partial charge >= 0.3 is 5.63 Å². The normalized spacial score (nSPS) is 10.7. The first-order chi connectivity index (χ1) is 10.1. The van der Waals surface area contributed by atoms with Crippen molar-refractivity contribution in [2.75, 3.05) is 0 Å². The van der Waals surface area contributed by atoms with Crippen molar-refractivity contribution < 1.29 is 9.21 Å². The van der Waals surface area contributed by atoms with Gasteiger partial charge in [-0.25, -0.2) is 4.79 Å². The summed E-state index contributed by atoms with van der Waals surface area (Å²) in [6, 6.07) is 13.8. The fraction of sp³-hybridized carbons (Fsp3) is 0. The Balaban J connectivity index is 2.47. The van der Waals surface area contributed by atoms with Gasteiger partial charge < -0.3 is 10.2 Å². The van der Waals surface area contributed by atoms with E-state index in [1.54, 1.807) is 48.5 Å². The summed E-state index contributed by atoms with van der Waals surface area (Å²) in [5.41, 5.74) is 5.99. The summed E-state index contributed by atoms with van der Waals surface area (Å²) in [6.07, 6.45) is 0. The summed E-state index contributed by atoms with van der Waals surface area (Å²) >= 11 is 5.88. The van der Waals surface area contributed by atoms with Gasteiger partial charge in [0.05, 0.1) is 0 Å². The molecule has 0 aliphatic heterocycles. The fourth-order valence-corrected chi connectivity index (χ4v) is 2.42. The molecular formula is C16H10ClNO3. The van der Waals surface area contributed by atoms with Gasteiger partial charge in [0.25, 0.3) is 5.91 Å². The van der Waals surface area contributed by atoms with Gasteiger partial charge in [0.1, 0.15) is 11.1 Å². The molecule has 3 rings (SSSR count). The lowest BCUT2D eigenvalue weighted by molar-refractivity contribution is 0.0997. The van der Waals surface area contributed by atoms with Crippen molar-refractivity contribution in [1.29, 1.82) is 0 Å². The minimum atomic E-state index is -0.820. The Bertz CT molecular complexity index is 898. The van der Waals surface area contributed by atoms with E-state index in [0.717, 1.165) is 0 Å². The van der Waals surface area contributed by atoms with Crippen molar-refractivity contribution in [1.82, 2.24) is 0 Å². The number of primary amides is 1. The molecule has 0 bridgehead atoms. The predicted octanol–water partition coefficient (Wildman–Crippen LogP) is 3.21. The number of carbonyl (C=O) groups excluding carboxylic acids is 1. The zero-order chi connectivity index (χ0) is 15.0. The Morgan fingerprint density at radius 3 is 2.38 bits per heavy atom. The number of hydrogen-bond acceptors (Lipinski definition) is 3. The molecule has 0 unspecified atom stereocenters. The van der Waals surface area contributed by atoms with E-state index in [2.05, 4.69) is 0 Å². The lowest BCUT2D eigenvalue weighted by Gasteiger charge is -2.09. The molecule has 1 amide bonds. The third-order valence-electron chi connectivity index (χ3n) is 3.19. The number of hydrogen-bond donors (Lipinski definition) is 1. The summed E-state index contributed by atoms with van der Waals surface area (Å²) in [6.45, 7) is 0. The first-order valence-corrected chi connectivity index (χ1v) is 6.57. The van der Waals surface area contributed by atoms with E-state index in [1.165, 1.54) is 0 Å². The number of amides is 1. The van der Waals surface area contributed by atoms with Crippen LogP contribution in [0.25, 0.3) is 22.1 Å². The second-order valence-corrected chi connectivity index (χ2v) is 4.94. The monoisotopic (exact) mass is 299 g/mol. The molecule has 3 aromatic rings. The summed E-state index contributed by atoms with van der Waals surface area (Å²) in [4.78, 5) is 23.7. The quantitative estimate of drug-likeness (QED) is 0.738. The fourth-order valence-electron chi connectivity index (χ4n) is 2.29. The molecule has 104 valence electrons. The molecule has 2 aromatic carbocycles. The second-order valence-electron chi connectivity index (χ2n) is 4.51. The van der Waals surface area contributed by atoms with Crippen LogP contribution < -0.4 is 11.4 Å². The summed E-state index contributed by atoms with van der Waals surface area (Å²) in [7, 11) is 0. The Morgan fingerprint density at radius 2 is 1.71 bits per heavy atom. The third-order valence-corrected chi connectivity index (χ3v) is 3.44. The standard InChI is InChI=1S/C16H10ClNO3/c17-10-7-5-9(6-8-10)13-11-3-1-2-4-12(11)21-16(20)14(13)15(18)19/h1-8H,(H2,18,19). The largest absolute Gasteiger partial charge is 0.422 e. The molecule has 2 N–H and O–H groups in total. The number of para-hydroxylation sites is 1. The first kappa shape index (κ1) is 13.4. The average molecular weight is 300 g/mol. The Kier molecular flexibility index (Phi) is 3.23.